The number of rotatable bonds is 5. The zero-order valence-electron chi connectivity index (χ0n) is 14.0. The normalized spacial score (nSPS) is 10.8. The SMILES string of the molecule is Cc1ccc(-n2nnnc2SCC(=O)Nc2c(Cl)ccc(C)c2Cl)cc1. The van der Waals surface area contributed by atoms with E-state index in [9.17, 15) is 4.79 Å². The molecule has 1 heterocycles. The zero-order chi connectivity index (χ0) is 18.7. The van der Waals surface area contributed by atoms with Gasteiger partial charge in [-0.2, -0.15) is 4.68 Å². The lowest BCUT2D eigenvalue weighted by Gasteiger charge is -2.11. The average Bonchev–Trinajstić information content (AvgIpc) is 3.09. The number of halogens is 2. The number of nitrogens with one attached hydrogen (secondary N) is 1. The minimum absolute atomic E-state index is 0.118. The number of carbonyl (C=O) groups excluding carboxylic acids is 1. The molecule has 26 heavy (non-hydrogen) atoms. The van der Waals surface area contributed by atoms with Gasteiger partial charge < -0.3 is 5.32 Å². The smallest absolute Gasteiger partial charge is 0.234 e. The Balaban J connectivity index is 1.69. The van der Waals surface area contributed by atoms with Crippen LogP contribution in [0.3, 0.4) is 0 Å². The first-order valence-corrected chi connectivity index (χ1v) is 9.42. The van der Waals surface area contributed by atoms with Gasteiger partial charge in [-0.25, -0.2) is 0 Å². The molecule has 0 spiro atoms. The van der Waals surface area contributed by atoms with E-state index in [2.05, 4.69) is 20.8 Å². The molecule has 1 amide bonds. The monoisotopic (exact) mass is 407 g/mol. The van der Waals surface area contributed by atoms with Crippen LogP contribution in [0.15, 0.2) is 41.6 Å². The van der Waals surface area contributed by atoms with E-state index >= 15 is 0 Å². The van der Waals surface area contributed by atoms with Crippen LogP contribution >= 0.6 is 35.0 Å². The topological polar surface area (TPSA) is 72.7 Å². The largest absolute Gasteiger partial charge is 0.323 e. The Labute approximate surface area is 164 Å². The molecule has 0 radical (unpaired) electrons. The Morgan fingerprint density at radius 2 is 1.88 bits per heavy atom. The van der Waals surface area contributed by atoms with E-state index in [-0.39, 0.29) is 11.7 Å². The maximum Gasteiger partial charge on any atom is 0.234 e. The second-order valence-electron chi connectivity index (χ2n) is 5.60. The van der Waals surface area contributed by atoms with Crippen molar-refractivity contribution >= 4 is 46.6 Å². The van der Waals surface area contributed by atoms with E-state index in [0.717, 1.165) is 16.8 Å². The van der Waals surface area contributed by atoms with Gasteiger partial charge >= 0.3 is 0 Å². The van der Waals surface area contributed by atoms with E-state index in [4.69, 9.17) is 23.2 Å². The van der Waals surface area contributed by atoms with Crippen LogP contribution in [0.5, 0.6) is 0 Å². The summed E-state index contributed by atoms with van der Waals surface area (Å²) in [5.74, 6) is -0.129. The Kier molecular flexibility index (Phi) is 5.80. The van der Waals surface area contributed by atoms with Crippen molar-refractivity contribution in [2.75, 3.05) is 11.1 Å². The van der Waals surface area contributed by atoms with Crippen molar-refractivity contribution < 1.29 is 4.79 Å². The number of hydrogen-bond acceptors (Lipinski definition) is 5. The highest BCUT2D eigenvalue weighted by Crippen LogP contribution is 2.33. The van der Waals surface area contributed by atoms with Crippen LogP contribution in [-0.2, 0) is 4.79 Å². The number of aromatic nitrogens is 4. The third-order valence-electron chi connectivity index (χ3n) is 3.60. The van der Waals surface area contributed by atoms with Crippen LogP contribution in [-0.4, -0.2) is 31.9 Å². The van der Waals surface area contributed by atoms with Gasteiger partial charge in [0.1, 0.15) is 0 Å². The molecule has 3 aromatic rings. The molecule has 6 nitrogen and oxygen atoms in total. The summed E-state index contributed by atoms with van der Waals surface area (Å²) in [5.41, 5.74) is 3.22. The minimum Gasteiger partial charge on any atom is -0.323 e. The molecule has 1 aromatic heterocycles. The molecule has 0 saturated carbocycles. The lowest BCUT2D eigenvalue weighted by molar-refractivity contribution is -0.113. The van der Waals surface area contributed by atoms with Crippen molar-refractivity contribution in [2.24, 2.45) is 0 Å². The molecule has 134 valence electrons. The van der Waals surface area contributed by atoms with Crippen LogP contribution in [0, 0.1) is 13.8 Å². The van der Waals surface area contributed by atoms with Gasteiger partial charge in [-0.1, -0.05) is 58.7 Å². The van der Waals surface area contributed by atoms with Crippen LogP contribution in [0.25, 0.3) is 5.69 Å². The van der Waals surface area contributed by atoms with E-state index in [0.29, 0.717) is 20.9 Å². The summed E-state index contributed by atoms with van der Waals surface area (Å²) in [6, 6.07) is 11.3. The summed E-state index contributed by atoms with van der Waals surface area (Å²) in [7, 11) is 0. The molecule has 0 aliphatic carbocycles. The summed E-state index contributed by atoms with van der Waals surface area (Å²) in [6.45, 7) is 3.85. The summed E-state index contributed by atoms with van der Waals surface area (Å²) in [5, 5.41) is 15.7. The summed E-state index contributed by atoms with van der Waals surface area (Å²) >= 11 is 13.6. The highest BCUT2D eigenvalue weighted by Gasteiger charge is 2.15. The molecule has 2 aromatic carbocycles. The summed E-state index contributed by atoms with van der Waals surface area (Å²) in [4.78, 5) is 12.3. The van der Waals surface area contributed by atoms with Gasteiger partial charge in [0.25, 0.3) is 0 Å². The number of tetrazole rings is 1. The van der Waals surface area contributed by atoms with Crippen molar-refractivity contribution in [2.45, 2.75) is 19.0 Å². The maximum absolute atomic E-state index is 12.3. The number of nitrogens with zero attached hydrogens (tertiary/aromatic N) is 4. The fraction of sp³-hybridized carbons (Fsp3) is 0.176. The third kappa shape index (κ3) is 4.17. The van der Waals surface area contributed by atoms with Crippen molar-refractivity contribution in [1.82, 2.24) is 20.2 Å². The van der Waals surface area contributed by atoms with Crippen molar-refractivity contribution in [3.63, 3.8) is 0 Å². The van der Waals surface area contributed by atoms with E-state index in [1.54, 1.807) is 16.8 Å². The number of carbonyl (C=O) groups is 1. The molecule has 0 aliphatic rings. The number of benzene rings is 2. The number of amides is 1. The third-order valence-corrected chi connectivity index (χ3v) is 5.32. The average molecular weight is 408 g/mol. The van der Waals surface area contributed by atoms with E-state index in [1.807, 2.05) is 38.1 Å². The Hall–Kier alpha value is -2.09. The number of hydrogen-bond donors (Lipinski definition) is 1. The first kappa shape index (κ1) is 18.7. The van der Waals surface area contributed by atoms with Gasteiger partial charge in [0.15, 0.2) is 0 Å². The fourth-order valence-corrected chi connectivity index (χ4v) is 3.35. The maximum atomic E-state index is 12.3. The molecule has 0 saturated heterocycles. The lowest BCUT2D eigenvalue weighted by Crippen LogP contribution is -2.15. The van der Waals surface area contributed by atoms with Gasteiger partial charge in [-0.15, -0.1) is 5.10 Å². The first-order valence-electron chi connectivity index (χ1n) is 7.68. The number of thioether (sulfide) groups is 1. The molecule has 9 heteroatoms. The Morgan fingerprint density at radius 3 is 2.62 bits per heavy atom. The van der Waals surface area contributed by atoms with Gasteiger partial charge in [-0.05, 0) is 48.0 Å². The first-order chi connectivity index (χ1) is 12.5. The standard InChI is InChI=1S/C17H15Cl2N5OS/c1-10-3-6-12(7-4-10)24-17(21-22-23-24)26-9-14(25)20-16-13(18)8-5-11(2)15(16)19/h3-8H,9H2,1-2H3,(H,20,25). The molecule has 0 aliphatic heterocycles. The molecule has 3 rings (SSSR count). The highest BCUT2D eigenvalue weighted by atomic mass is 35.5. The molecule has 0 unspecified atom stereocenters. The molecule has 1 N–H and O–H groups in total. The van der Waals surface area contributed by atoms with Gasteiger partial charge in [-0.3, -0.25) is 4.79 Å². The van der Waals surface area contributed by atoms with E-state index < -0.39 is 0 Å². The molecule has 0 bridgehead atoms. The van der Waals surface area contributed by atoms with Gasteiger partial charge in [0.05, 0.1) is 27.2 Å². The zero-order valence-corrected chi connectivity index (χ0v) is 16.4. The van der Waals surface area contributed by atoms with Crippen LogP contribution < -0.4 is 5.32 Å². The Morgan fingerprint density at radius 1 is 1.15 bits per heavy atom. The lowest BCUT2D eigenvalue weighted by atomic mass is 10.2. The molecular formula is C17H15Cl2N5OS. The predicted octanol–water partition coefficient (Wildman–Crippen LogP) is 4.32. The highest BCUT2D eigenvalue weighted by molar-refractivity contribution is 7.99. The second-order valence-corrected chi connectivity index (χ2v) is 7.33. The summed E-state index contributed by atoms with van der Waals surface area (Å²) < 4.78 is 1.59. The van der Waals surface area contributed by atoms with Crippen LogP contribution in [0.2, 0.25) is 10.0 Å². The summed E-state index contributed by atoms with van der Waals surface area (Å²) in [6.07, 6.45) is 0. The van der Waals surface area contributed by atoms with Crippen LogP contribution in [0.4, 0.5) is 5.69 Å². The fourth-order valence-electron chi connectivity index (χ4n) is 2.19. The quantitative estimate of drug-likeness (QED) is 0.637. The number of aryl methyl sites for hydroxylation is 2. The van der Waals surface area contributed by atoms with Gasteiger partial charge in [0, 0.05) is 0 Å². The predicted molar refractivity (Wildman–Crippen MR) is 104 cm³/mol. The molecule has 0 fully saturated rings. The molecule has 0 atom stereocenters. The van der Waals surface area contributed by atoms with Crippen molar-refractivity contribution in [1.29, 1.82) is 0 Å². The Bertz CT molecular complexity index is 943. The van der Waals surface area contributed by atoms with Crippen molar-refractivity contribution in [3.8, 4) is 5.69 Å². The van der Waals surface area contributed by atoms with E-state index in [1.165, 1.54) is 11.8 Å². The minimum atomic E-state index is -0.247. The van der Waals surface area contributed by atoms with Crippen molar-refractivity contribution in [3.05, 3.63) is 57.6 Å². The van der Waals surface area contributed by atoms with Gasteiger partial charge in [0.2, 0.25) is 11.1 Å². The second kappa shape index (κ2) is 8.07. The number of anilines is 1. The molecular weight excluding hydrogens is 393 g/mol. The van der Waals surface area contributed by atoms with Crippen LogP contribution in [0.1, 0.15) is 11.1 Å².